The van der Waals surface area contributed by atoms with Crippen LogP contribution in [-0.4, -0.2) is 18.4 Å². The van der Waals surface area contributed by atoms with Crippen molar-refractivity contribution in [3.05, 3.63) is 29.3 Å². The van der Waals surface area contributed by atoms with Gasteiger partial charge in [-0.15, -0.1) is 0 Å². The number of hydrogen-bond donors (Lipinski definition) is 2. The summed E-state index contributed by atoms with van der Waals surface area (Å²) >= 11 is 0. The largest absolute Gasteiger partial charge is 0.355 e. The van der Waals surface area contributed by atoms with Crippen LogP contribution < -0.4 is 10.6 Å². The fourth-order valence-corrected chi connectivity index (χ4v) is 2.73. The van der Waals surface area contributed by atoms with E-state index in [1.165, 1.54) is 0 Å². The van der Waals surface area contributed by atoms with Gasteiger partial charge in [-0.2, -0.15) is 0 Å². The molecule has 1 fully saturated rings. The number of aryl methyl sites for hydroxylation is 2. The lowest BCUT2D eigenvalue weighted by atomic mass is 10.0. The Kier molecular flexibility index (Phi) is 5.22. The Bertz CT molecular complexity index is 542. The van der Waals surface area contributed by atoms with Crippen LogP contribution in [0.1, 0.15) is 50.2 Å². The molecule has 1 aliphatic rings. The Morgan fingerprint density at radius 2 is 1.68 bits per heavy atom. The molecule has 22 heavy (non-hydrogen) atoms. The maximum absolute atomic E-state index is 12.5. The highest BCUT2D eigenvalue weighted by atomic mass is 16.2. The first-order valence-corrected chi connectivity index (χ1v) is 8.16. The average Bonchev–Trinajstić information content (AvgIpc) is 3.24. The van der Waals surface area contributed by atoms with Gasteiger partial charge in [-0.05, 0) is 56.4 Å². The van der Waals surface area contributed by atoms with E-state index in [-0.39, 0.29) is 11.8 Å². The summed E-state index contributed by atoms with van der Waals surface area (Å²) in [4.78, 5) is 24.8. The number of carbonyl (C=O) groups is 2. The highest BCUT2D eigenvalue weighted by Gasteiger charge is 2.56. The molecule has 120 valence electrons. The summed E-state index contributed by atoms with van der Waals surface area (Å²) < 4.78 is 0. The second-order valence-corrected chi connectivity index (χ2v) is 6.38. The zero-order chi connectivity index (χ0) is 16.2. The van der Waals surface area contributed by atoms with Gasteiger partial charge in [0.05, 0.1) is 0 Å². The highest BCUT2D eigenvalue weighted by Crippen LogP contribution is 2.46. The fourth-order valence-electron chi connectivity index (χ4n) is 2.73. The van der Waals surface area contributed by atoms with Crippen LogP contribution in [0.25, 0.3) is 0 Å². The van der Waals surface area contributed by atoms with Crippen molar-refractivity contribution < 1.29 is 9.59 Å². The molecule has 1 aliphatic carbocycles. The third kappa shape index (κ3) is 3.87. The highest BCUT2D eigenvalue weighted by molar-refractivity contribution is 6.13. The fraction of sp³-hybridized carbons (Fsp3) is 0.556. The predicted molar refractivity (Wildman–Crippen MR) is 88.7 cm³/mol. The quantitative estimate of drug-likeness (QED) is 0.599. The van der Waals surface area contributed by atoms with Crippen molar-refractivity contribution in [1.29, 1.82) is 0 Å². The molecular weight excluding hydrogens is 276 g/mol. The van der Waals surface area contributed by atoms with Crippen molar-refractivity contribution in [2.45, 2.75) is 52.9 Å². The van der Waals surface area contributed by atoms with E-state index in [4.69, 9.17) is 0 Å². The van der Waals surface area contributed by atoms with Gasteiger partial charge in [0.25, 0.3) is 0 Å². The zero-order valence-electron chi connectivity index (χ0n) is 13.8. The van der Waals surface area contributed by atoms with Crippen molar-refractivity contribution in [2.24, 2.45) is 5.41 Å². The molecule has 1 saturated carbocycles. The lowest BCUT2D eigenvalue weighted by Gasteiger charge is -2.16. The van der Waals surface area contributed by atoms with Crippen LogP contribution in [0, 0.1) is 19.3 Å². The van der Waals surface area contributed by atoms with E-state index in [0.717, 1.165) is 36.1 Å². The number of rotatable bonds is 7. The lowest BCUT2D eigenvalue weighted by Crippen LogP contribution is -2.40. The summed E-state index contributed by atoms with van der Waals surface area (Å²) in [6, 6.07) is 5.92. The Morgan fingerprint density at radius 1 is 1.05 bits per heavy atom. The minimum atomic E-state index is -0.843. The lowest BCUT2D eigenvalue weighted by molar-refractivity contribution is -0.134. The first-order chi connectivity index (χ1) is 10.5. The summed E-state index contributed by atoms with van der Waals surface area (Å²) in [5.41, 5.74) is 2.13. The second kappa shape index (κ2) is 6.95. The number of hydrogen-bond acceptors (Lipinski definition) is 2. The molecule has 1 aromatic rings. The van der Waals surface area contributed by atoms with E-state index in [1.54, 1.807) is 0 Å². The van der Waals surface area contributed by atoms with Crippen LogP contribution >= 0.6 is 0 Å². The van der Waals surface area contributed by atoms with Gasteiger partial charge in [-0.1, -0.05) is 25.8 Å². The van der Waals surface area contributed by atoms with Crippen molar-refractivity contribution in [3.63, 3.8) is 0 Å². The maximum Gasteiger partial charge on any atom is 0.240 e. The Balaban J connectivity index is 1.94. The second-order valence-electron chi connectivity index (χ2n) is 6.38. The summed E-state index contributed by atoms with van der Waals surface area (Å²) in [6.07, 6.45) is 4.47. The minimum absolute atomic E-state index is 0.120. The Hall–Kier alpha value is -1.84. The van der Waals surface area contributed by atoms with Crippen molar-refractivity contribution in [3.8, 4) is 0 Å². The van der Waals surface area contributed by atoms with Gasteiger partial charge in [-0.25, -0.2) is 0 Å². The van der Waals surface area contributed by atoms with Gasteiger partial charge in [0.1, 0.15) is 5.41 Å². The smallest absolute Gasteiger partial charge is 0.240 e. The number of unbranched alkanes of at least 4 members (excludes halogenated alkanes) is 2. The normalized spacial score (nSPS) is 15.2. The third-order valence-corrected chi connectivity index (χ3v) is 4.16. The molecule has 0 bridgehead atoms. The van der Waals surface area contributed by atoms with E-state index in [9.17, 15) is 9.59 Å². The van der Waals surface area contributed by atoms with Crippen LogP contribution in [0.3, 0.4) is 0 Å². The van der Waals surface area contributed by atoms with Crippen molar-refractivity contribution in [2.75, 3.05) is 11.9 Å². The molecule has 0 unspecified atom stereocenters. The molecule has 0 aromatic heterocycles. The van der Waals surface area contributed by atoms with Gasteiger partial charge in [0, 0.05) is 12.2 Å². The SMILES string of the molecule is CCCCCNC(=O)C1(C(=O)Nc2cc(C)cc(C)c2)CC1. The number of carbonyl (C=O) groups excluding carboxylic acids is 2. The van der Waals surface area contributed by atoms with Gasteiger partial charge in [0.2, 0.25) is 11.8 Å². The van der Waals surface area contributed by atoms with Gasteiger partial charge >= 0.3 is 0 Å². The first kappa shape index (κ1) is 16.5. The molecule has 2 rings (SSSR count). The van der Waals surface area contributed by atoms with Crippen LogP contribution in [0.5, 0.6) is 0 Å². The number of nitrogens with one attached hydrogen (secondary N) is 2. The molecule has 0 aliphatic heterocycles. The van der Waals surface area contributed by atoms with Crippen molar-refractivity contribution >= 4 is 17.5 Å². The first-order valence-electron chi connectivity index (χ1n) is 8.16. The molecular formula is C18H26N2O2. The van der Waals surface area contributed by atoms with Crippen LogP contribution in [0.4, 0.5) is 5.69 Å². The summed E-state index contributed by atoms with van der Waals surface area (Å²) in [6.45, 7) is 6.78. The van der Waals surface area contributed by atoms with Crippen LogP contribution in [0.15, 0.2) is 18.2 Å². The van der Waals surface area contributed by atoms with E-state index in [2.05, 4.69) is 23.6 Å². The molecule has 0 heterocycles. The molecule has 4 heteroatoms. The molecule has 0 spiro atoms. The third-order valence-electron chi connectivity index (χ3n) is 4.16. The molecule has 2 amide bonds. The number of anilines is 1. The van der Waals surface area contributed by atoms with E-state index in [0.29, 0.717) is 19.4 Å². The zero-order valence-corrected chi connectivity index (χ0v) is 13.8. The summed E-state index contributed by atoms with van der Waals surface area (Å²) in [7, 11) is 0. The standard InChI is InChI=1S/C18H26N2O2/c1-4-5-6-9-19-16(21)18(7-8-18)17(22)20-15-11-13(2)10-14(3)12-15/h10-12H,4-9H2,1-3H3,(H,19,21)(H,20,22). The Morgan fingerprint density at radius 3 is 2.23 bits per heavy atom. The van der Waals surface area contributed by atoms with Crippen LogP contribution in [-0.2, 0) is 9.59 Å². The average molecular weight is 302 g/mol. The topological polar surface area (TPSA) is 58.2 Å². The predicted octanol–water partition coefficient (Wildman–Crippen LogP) is 3.33. The molecule has 4 nitrogen and oxygen atoms in total. The van der Waals surface area contributed by atoms with E-state index in [1.807, 2.05) is 26.0 Å². The molecule has 0 radical (unpaired) electrons. The summed E-state index contributed by atoms with van der Waals surface area (Å²) in [5, 5.41) is 5.82. The maximum atomic E-state index is 12.5. The van der Waals surface area contributed by atoms with Gasteiger partial charge in [0.15, 0.2) is 0 Å². The minimum Gasteiger partial charge on any atom is -0.355 e. The van der Waals surface area contributed by atoms with E-state index < -0.39 is 5.41 Å². The van der Waals surface area contributed by atoms with Crippen LogP contribution in [0.2, 0.25) is 0 Å². The van der Waals surface area contributed by atoms with Gasteiger partial charge in [-0.3, -0.25) is 9.59 Å². The number of benzene rings is 1. The van der Waals surface area contributed by atoms with E-state index >= 15 is 0 Å². The number of amides is 2. The summed E-state index contributed by atoms with van der Waals surface area (Å²) in [5.74, 6) is -0.295. The van der Waals surface area contributed by atoms with Crippen molar-refractivity contribution in [1.82, 2.24) is 5.32 Å². The van der Waals surface area contributed by atoms with Gasteiger partial charge < -0.3 is 10.6 Å². The molecule has 0 saturated heterocycles. The monoisotopic (exact) mass is 302 g/mol. The molecule has 2 N–H and O–H groups in total. The Labute approximate surface area is 132 Å². The molecule has 0 atom stereocenters. The molecule has 1 aromatic carbocycles.